The van der Waals surface area contributed by atoms with Crippen molar-refractivity contribution < 1.29 is 9.47 Å². The normalized spacial score (nSPS) is 31.2. The zero-order valence-electron chi connectivity index (χ0n) is 16.1. The lowest BCUT2D eigenvalue weighted by atomic mass is 9.77. The van der Waals surface area contributed by atoms with E-state index in [1.165, 1.54) is 50.5 Å². The Morgan fingerprint density at radius 1 is 1.19 bits per heavy atom. The molecule has 0 amide bonds. The standard InChI is InChI=1S/C22H34N2O2/c1-25-21-10-3-2-8-18(21)22(11-4-5-12-22)16-24-19-9-6-7-17(19)20-15-26-14-13-23-20/h2-3,8,10,17,19-20,23-24H,4-7,9,11-16H2,1H3. The fourth-order valence-corrected chi connectivity index (χ4v) is 5.59. The minimum atomic E-state index is 0.232. The number of hydrogen-bond donors (Lipinski definition) is 2. The summed E-state index contributed by atoms with van der Waals surface area (Å²) in [7, 11) is 1.80. The van der Waals surface area contributed by atoms with Crippen LogP contribution in [0.25, 0.3) is 0 Å². The maximum absolute atomic E-state index is 5.73. The van der Waals surface area contributed by atoms with Gasteiger partial charge in [0.2, 0.25) is 0 Å². The highest BCUT2D eigenvalue weighted by Crippen LogP contribution is 2.44. The second-order valence-electron chi connectivity index (χ2n) is 8.41. The van der Waals surface area contributed by atoms with Crippen LogP contribution in [-0.4, -0.2) is 45.5 Å². The molecule has 1 saturated heterocycles. The van der Waals surface area contributed by atoms with Gasteiger partial charge in [0.05, 0.1) is 20.3 Å². The number of morpholine rings is 1. The van der Waals surface area contributed by atoms with Crippen LogP contribution in [0.3, 0.4) is 0 Å². The zero-order valence-corrected chi connectivity index (χ0v) is 16.1. The number of para-hydroxylation sites is 1. The molecule has 0 radical (unpaired) electrons. The second-order valence-corrected chi connectivity index (χ2v) is 8.41. The highest BCUT2D eigenvalue weighted by atomic mass is 16.5. The lowest BCUT2D eigenvalue weighted by Gasteiger charge is -2.36. The van der Waals surface area contributed by atoms with Crippen molar-refractivity contribution >= 4 is 0 Å². The van der Waals surface area contributed by atoms with E-state index in [1.54, 1.807) is 7.11 Å². The maximum Gasteiger partial charge on any atom is 0.122 e. The van der Waals surface area contributed by atoms with Gasteiger partial charge in [0.25, 0.3) is 0 Å². The Kier molecular flexibility index (Phi) is 5.82. The summed E-state index contributed by atoms with van der Waals surface area (Å²) in [6.07, 6.45) is 9.14. The molecular formula is C22H34N2O2. The smallest absolute Gasteiger partial charge is 0.122 e. The molecule has 2 aliphatic carbocycles. The van der Waals surface area contributed by atoms with Crippen LogP contribution in [0, 0.1) is 5.92 Å². The average molecular weight is 359 g/mol. The molecule has 0 spiro atoms. The van der Waals surface area contributed by atoms with Crippen LogP contribution in [0.4, 0.5) is 0 Å². The highest BCUT2D eigenvalue weighted by molar-refractivity contribution is 5.40. The molecule has 144 valence electrons. The van der Waals surface area contributed by atoms with Crippen molar-refractivity contribution in [2.75, 3.05) is 33.4 Å². The molecule has 1 aromatic rings. The monoisotopic (exact) mass is 358 g/mol. The van der Waals surface area contributed by atoms with E-state index in [0.717, 1.165) is 32.1 Å². The van der Waals surface area contributed by atoms with Gasteiger partial charge in [-0.1, -0.05) is 37.5 Å². The molecule has 2 N–H and O–H groups in total. The van der Waals surface area contributed by atoms with Crippen LogP contribution in [-0.2, 0) is 10.2 Å². The van der Waals surface area contributed by atoms with Gasteiger partial charge in [0.15, 0.2) is 0 Å². The molecule has 0 aromatic heterocycles. The first kappa shape index (κ1) is 18.3. The molecule has 1 aliphatic heterocycles. The largest absolute Gasteiger partial charge is 0.496 e. The van der Waals surface area contributed by atoms with Crippen molar-refractivity contribution in [3.8, 4) is 5.75 Å². The molecule has 3 atom stereocenters. The number of hydrogen-bond acceptors (Lipinski definition) is 4. The molecule has 0 bridgehead atoms. The van der Waals surface area contributed by atoms with Gasteiger partial charge in [-0.2, -0.15) is 0 Å². The van der Waals surface area contributed by atoms with Crippen LogP contribution in [0.5, 0.6) is 5.75 Å². The van der Waals surface area contributed by atoms with E-state index in [9.17, 15) is 0 Å². The molecule has 4 heteroatoms. The Labute approximate surface area is 158 Å². The Balaban J connectivity index is 1.47. The van der Waals surface area contributed by atoms with E-state index < -0.39 is 0 Å². The van der Waals surface area contributed by atoms with E-state index >= 15 is 0 Å². The van der Waals surface area contributed by atoms with Gasteiger partial charge in [-0.05, 0) is 37.7 Å². The Morgan fingerprint density at radius 2 is 2.04 bits per heavy atom. The van der Waals surface area contributed by atoms with Gasteiger partial charge in [-0.15, -0.1) is 0 Å². The first-order valence-corrected chi connectivity index (χ1v) is 10.5. The summed E-state index contributed by atoms with van der Waals surface area (Å²) in [4.78, 5) is 0. The van der Waals surface area contributed by atoms with Crippen LogP contribution >= 0.6 is 0 Å². The quantitative estimate of drug-likeness (QED) is 0.819. The molecule has 26 heavy (non-hydrogen) atoms. The Bertz CT molecular complexity index is 579. The van der Waals surface area contributed by atoms with Gasteiger partial charge in [0, 0.05) is 36.2 Å². The average Bonchev–Trinajstić information content (AvgIpc) is 3.37. The topological polar surface area (TPSA) is 42.5 Å². The van der Waals surface area contributed by atoms with Crippen LogP contribution in [0.1, 0.15) is 50.5 Å². The summed E-state index contributed by atoms with van der Waals surface area (Å²) < 4.78 is 11.4. The lowest BCUT2D eigenvalue weighted by molar-refractivity contribution is 0.0521. The first-order chi connectivity index (χ1) is 12.8. The van der Waals surface area contributed by atoms with Crippen molar-refractivity contribution in [2.24, 2.45) is 5.92 Å². The molecule has 3 fully saturated rings. The summed E-state index contributed by atoms with van der Waals surface area (Å²) in [5.41, 5.74) is 1.64. The molecular weight excluding hydrogens is 324 g/mol. The molecule has 1 aromatic carbocycles. The van der Waals surface area contributed by atoms with Crippen LogP contribution in [0.2, 0.25) is 0 Å². The minimum Gasteiger partial charge on any atom is -0.496 e. The number of benzene rings is 1. The van der Waals surface area contributed by atoms with Gasteiger partial charge in [-0.3, -0.25) is 0 Å². The van der Waals surface area contributed by atoms with Gasteiger partial charge < -0.3 is 20.1 Å². The Morgan fingerprint density at radius 3 is 2.81 bits per heavy atom. The molecule has 1 heterocycles. The molecule has 4 rings (SSSR count). The predicted octanol–water partition coefficient (Wildman–Crippen LogP) is 3.25. The van der Waals surface area contributed by atoms with Crippen molar-refractivity contribution in [1.29, 1.82) is 0 Å². The summed E-state index contributed by atoms with van der Waals surface area (Å²) in [6.45, 7) is 3.81. The number of rotatable bonds is 6. The summed E-state index contributed by atoms with van der Waals surface area (Å²) in [6, 6.07) is 9.79. The van der Waals surface area contributed by atoms with Crippen molar-refractivity contribution in [1.82, 2.24) is 10.6 Å². The number of nitrogens with one attached hydrogen (secondary N) is 2. The Hall–Kier alpha value is -1.10. The number of methoxy groups -OCH3 is 1. The number of ether oxygens (including phenoxy) is 2. The minimum absolute atomic E-state index is 0.232. The van der Waals surface area contributed by atoms with Crippen LogP contribution in [0.15, 0.2) is 24.3 Å². The SMILES string of the molecule is COc1ccccc1C1(CNC2CCCC2C2COCCN2)CCCC1. The third-order valence-corrected chi connectivity index (χ3v) is 6.98. The second kappa shape index (κ2) is 8.28. The van der Waals surface area contributed by atoms with Crippen molar-refractivity contribution in [2.45, 2.75) is 62.4 Å². The molecule has 3 unspecified atom stereocenters. The molecule has 2 saturated carbocycles. The van der Waals surface area contributed by atoms with E-state index in [2.05, 4.69) is 34.9 Å². The lowest BCUT2D eigenvalue weighted by Crippen LogP contribution is -2.52. The third kappa shape index (κ3) is 3.64. The van der Waals surface area contributed by atoms with E-state index in [0.29, 0.717) is 18.0 Å². The summed E-state index contributed by atoms with van der Waals surface area (Å²) in [5, 5.41) is 7.70. The van der Waals surface area contributed by atoms with E-state index in [-0.39, 0.29) is 5.41 Å². The fraction of sp³-hybridized carbons (Fsp3) is 0.727. The van der Waals surface area contributed by atoms with Crippen molar-refractivity contribution in [3.05, 3.63) is 29.8 Å². The predicted molar refractivity (Wildman–Crippen MR) is 105 cm³/mol. The van der Waals surface area contributed by atoms with E-state index in [4.69, 9.17) is 9.47 Å². The summed E-state index contributed by atoms with van der Waals surface area (Å²) >= 11 is 0. The highest BCUT2D eigenvalue weighted by Gasteiger charge is 2.40. The molecule has 3 aliphatic rings. The first-order valence-electron chi connectivity index (χ1n) is 10.5. The van der Waals surface area contributed by atoms with Gasteiger partial charge in [-0.25, -0.2) is 0 Å². The van der Waals surface area contributed by atoms with Crippen LogP contribution < -0.4 is 15.4 Å². The maximum atomic E-state index is 5.73. The van der Waals surface area contributed by atoms with Crippen molar-refractivity contribution in [3.63, 3.8) is 0 Å². The van der Waals surface area contributed by atoms with E-state index in [1.807, 2.05) is 0 Å². The third-order valence-electron chi connectivity index (χ3n) is 6.98. The summed E-state index contributed by atoms with van der Waals surface area (Å²) in [5.74, 6) is 1.76. The van der Waals surface area contributed by atoms with Gasteiger partial charge in [0.1, 0.15) is 5.75 Å². The zero-order chi connectivity index (χ0) is 17.8. The van der Waals surface area contributed by atoms with Gasteiger partial charge >= 0.3 is 0 Å². The molecule has 4 nitrogen and oxygen atoms in total. The fourth-order valence-electron chi connectivity index (χ4n) is 5.59.